The van der Waals surface area contributed by atoms with Gasteiger partial charge in [0, 0.05) is 38.1 Å². The number of carbonyl (C=O) groups is 2. The number of para-hydroxylation sites is 1. The molecule has 0 aromatic heterocycles. The van der Waals surface area contributed by atoms with E-state index in [1.165, 1.54) is 31.4 Å². The molecule has 1 fully saturated rings. The van der Waals surface area contributed by atoms with E-state index in [0.29, 0.717) is 18.7 Å². The number of carbonyl (C=O) groups excluding carboxylic acids is 2. The van der Waals surface area contributed by atoms with E-state index in [-0.39, 0.29) is 17.3 Å². The first kappa shape index (κ1) is 24.4. The van der Waals surface area contributed by atoms with Crippen molar-refractivity contribution in [3.05, 3.63) is 53.6 Å². The summed E-state index contributed by atoms with van der Waals surface area (Å²) in [5, 5.41) is 7.54. The highest BCUT2D eigenvalue weighted by atomic mass is 19.4. The third-order valence-corrected chi connectivity index (χ3v) is 5.27. The van der Waals surface area contributed by atoms with Crippen LogP contribution in [0.25, 0.3) is 0 Å². The summed E-state index contributed by atoms with van der Waals surface area (Å²) in [7, 11) is 1.53. The monoisotopic (exact) mass is 464 g/mol. The number of urea groups is 1. The number of methoxy groups -OCH3 is 1. The van der Waals surface area contributed by atoms with Gasteiger partial charge in [0.2, 0.25) is 0 Å². The van der Waals surface area contributed by atoms with E-state index in [1.54, 1.807) is 12.1 Å². The highest BCUT2D eigenvalue weighted by Gasteiger charge is 2.33. The normalized spacial score (nSPS) is 14.0. The number of piperidine rings is 1. The molecule has 33 heavy (non-hydrogen) atoms. The molecule has 0 saturated carbocycles. The van der Waals surface area contributed by atoms with Crippen LogP contribution in [0.1, 0.15) is 35.2 Å². The predicted octanol–water partition coefficient (Wildman–Crippen LogP) is 4.72. The number of benzene rings is 2. The molecule has 2 aromatic rings. The summed E-state index contributed by atoms with van der Waals surface area (Å²) in [6.45, 7) is 2.31. The van der Waals surface area contributed by atoms with Crippen LogP contribution in [0.3, 0.4) is 0 Å². The molecule has 1 aliphatic heterocycles. The molecule has 3 amide bonds. The standard InChI is InChI=1S/C23H27F3N4O3/c1-33-14-11-27-21(31)17-15-16(9-10-20(17)30-12-5-2-6-13-30)28-22(32)29-19-8-4-3-7-18(19)23(24,25)26/h3-4,7-10,15H,2,5-6,11-14H2,1H3,(H,27,31)(H2,28,29,32). The van der Waals surface area contributed by atoms with Crippen molar-refractivity contribution in [3.8, 4) is 0 Å². The van der Waals surface area contributed by atoms with Crippen LogP contribution in [0.5, 0.6) is 0 Å². The Hall–Kier alpha value is -3.27. The molecular weight excluding hydrogens is 437 g/mol. The van der Waals surface area contributed by atoms with E-state index in [4.69, 9.17) is 4.74 Å². The van der Waals surface area contributed by atoms with Gasteiger partial charge < -0.3 is 25.6 Å². The predicted molar refractivity (Wildman–Crippen MR) is 121 cm³/mol. The molecule has 3 rings (SSSR count). The van der Waals surface area contributed by atoms with Gasteiger partial charge in [0.1, 0.15) is 0 Å². The van der Waals surface area contributed by atoms with E-state index in [1.807, 2.05) is 0 Å². The first-order chi connectivity index (χ1) is 15.8. The number of hydrogen-bond donors (Lipinski definition) is 3. The Balaban J connectivity index is 1.79. The topological polar surface area (TPSA) is 82.7 Å². The lowest BCUT2D eigenvalue weighted by Gasteiger charge is -2.30. The summed E-state index contributed by atoms with van der Waals surface area (Å²) in [5.41, 5.74) is 0.109. The molecular formula is C23H27F3N4O3. The van der Waals surface area contributed by atoms with Gasteiger partial charge in [0.05, 0.1) is 23.4 Å². The molecule has 10 heteroatoms. The number of amides is 3. The zero-order chi connectivity index (χ0) is 23.8. The third-order valence-electron chi connectivity index (χ3n) is 5.27. The van der Waals surface area contributed by atoms with Crippen molar-refractivity contribution in [2.75, 3.05) is 48.9 Å². The number of halogens is 3. The average Bonchev–Trinajstić information content (AvgIpc) is 2.79. The molecule has 0 atom stereocenters. The Morgan fingerprint density at radius 1 is 1.03 bits per heavy atom. The molecule has 1 heterocycles. The number of rotatable bonds is 7. The van der Waals surface area contributed by atoms with E-state index < -0.39 is 17.8 Å². The Morgan fingerprint density at radius 3 is 2.45 bits per heavy atom. The van der Waals surface area contributed by atoms with Crippen LogP contribution in [-0.4, -0.2) is 45.3 Å². The molecule has 0 bridgehead atoms. The minimum absolute atomic E-state index is 0.287. The van der Waals surface area contributed by atoms with Crippen molar-refractivity contribution in [1.29, 1.82) is 0 Å². The smallest absolute Gasteiger partial charge is 0.383 e. The first-order valence-corrected chi connectivity index (χ1v) is 10.7. The Bertz CT molecular complexity index is 976. The highest BCUT2D eigenvalue weighted by molar-refractivity contribution is 6.04. The zero-order valence-corrected chi connectivity index (χ0v) is 18.3. The quantitative estimate of drug-likeness (QED) is 0.518. The van der Waals surface area contributed by atoms with Crippen molar-refractivity contribution in [3.63, 3.8) is 0 Å². The number of nitrogens with one attached hydrogen (secondary N) is 3. The molecule has 0 radical (unpaired) electrons. The summed E-state index contributed by atoms with van der Waals surface area (Å²) >= 11 is 0. The third kappa shape index (κ3) is 6.61. The number of hydrogen-bond acceptors (Lipinski definition) is 4. The molecule has 0 spiro atoms. The maximum Gasteiger partial charge on any atom is 0.418 e. The molecule has 1 aliphatic rings. The molecule has 0 aliphatic carbocycles. The fraction of sp³-hybridized carbons (Fsp3) is 0.391. The first-order valence-electron chi connectivity index (χ1n) is 10.7. The van der Waals surface area contributed by atoms with Crippen LogP contribution in [0.2, 0.25) is 0 Å². The van der Waals surface area contributed by atoms with E-state index in [9.17, 15) is 22.8 Å². The Kier molecular flexibility index (Phi) is 8.16. The van der Waals surface area contributed by atoms with Gasteiger partial charge in [-0.1, -0.05) is 12.1 Å². The summed E-state index contributed by atoms with van der Waals surface area (Å²) in [6, 6.07) is 8.79. The summed E-state index contributed by atoms with van der Waals surface area (Å²) in [6.07, 6.45) is -1.43. The minimum Gasteiger partial charge on any atom is -0.383 e. The molecule has 178 valence electrons. The molecule has 0 unspecified atom stereocenters. The number of ether oxygens (including phenoxy) is 1. The lowest BCUT2D eigenvalue weighted by atomic mass is 10.1. The number of anilines is 3. The van der Waals surface area contributed by atoms with E-state index in [0.717, 1.165) is 44.1 Å². The van der Waals surface area contributed by atoms with Crippen LogP contribution < -0.4 is 20.9 Å². The lowest BCUT2D eigenvalue weighted by Crippen LogP contribution is -2.33. The van der Waals surface area contributed by atoms with Crippen molar-refractivity contribution in [1.82, 2.24) is 5.32 Å². The van der Waals surface area contributed by atoms with Crippen molar-refractivity contribution >= 4 is 29.0 Å². The van der Waals surface area contributed by atoms with Gasteiger partial charge in [0.25, 0.3) is 5.91 Å². The fourth-order valence-corrected chi connectivity index (χ4v) is 3.69. The van der Waals surface area contributed by atoms with Crippen LogP contribution in [-0.2, 0) is 10.9 Å². The van der Waals surface area contributed by atoms with Gasteiger partial charge in [-0.3, -0.25) is 4.79 Å². The van der Waals surface area contributed by atoms with Crippen LogP contribution >= 0.6 is 0 Å². The molecule has 7 nitrogen and oxygen atoms in total. The maximum atomic E-state index is 13.2. The maximum absolute atomic E-state index is 13.2. The second-order valence-corrected chi connectivity index (χ2v) is 7.65. The van der Waals surface area contributed by atoms with Gasteiger partial charge in [-0.15, -0.1) is 0 Å². The minimum atomic E-state index is -4.60. The fourth-order valence-electron chi connectivity index (χ4n) is 3.69. The summed E-state index contributed by atoms with van der Waals surface area (Å²) in [5.74, 6) is -0.320. The van der Waals surface area contributed by atoms with Crippen molar-refractivity contribution < 1.29 is 27.5 Å². The highest BCUT2D eigenvalue weighted by Crippen LogP contribution is 2.34. The second kappa shape index (κ2) is 11.0. The van der Waals surface area contributed by atoms with Gasteiger partial charge in [-0.05, 0) is 49.6 Å². The van der Waals surface area contributed by atoms with Gasteiger partial charge in [0.15, 0.2) is 0 Å². The molecule has 1 saturated heterocycles. The number of nitrogens with zero attached hydrogens (tertiary/aromatic N) is 1. The Morgan fingerprint density at radius 2 is 1.76 bits per heavy atom. The zero-order valence-electron chi connectivity index (χ0n) is 18.3. The lowest BCUT2D eigenvalue weighted by molar-refractivity contribution is -0.136. The largest absolute Gasteiger partial charge is 0.418 e. The summed E-state index contributed by atoms with van der Waals surface area (Å²) < 4.78 is 44.5. The Labute approximate surface area is 190 Å². The van der Waals surface area contributed by atoms with Crippen molar-refractivity contribution in [2.45, 2.75) is 25.4 Å². The van der Waals surface area contributed by atoms with Gasteiger partial charge in [-0.2, -0.15) is 13.2 Å². The van der Waals surface area contributed by atoms with Crippen LogP contribution in [0.4, 0.5) is 35.0 Å². The van der Waals surface area contributed by atoms with E-state index >= 15 is 0 Å². The average molecular weight is 464 g/mol. The van der Waals surface area contributed by atoms with Gasteiger partial charge in [-0.25, -0.2) is 4.79 Å². The molecule has 3 N–H and O–H groups in total. The summed E-state index contributed by atoms with van der Waals surface area (Å²) in [4.78, 5) is 27.4. The van der Waals surface area contributed by atoms with E-state index in [2.05, 4.69) is 20.9 Å². The van der Waals surface area contributed by atoms with Crippen molar-refractivity contribution in [2.24, 2.45) is 0 Å². The SMILES string of the molecule is COCCNC(=O)c1cc(NC(=O)Nc2ccccc2C(F)(F)F)ccc1N1CCCCC1. The second-order valence-electron chi connectivity index (χ2n) is 7.65. The molecule has 2 aromatic carbocycles. The van der Waals surface area contributed by atoms with Crippen LogP contribution in [0.15, 0.2) is 42.5 Å². The van der Waals surface area contributed by atoms with Gasteiger partial charge >= 0.3 is 12.2 Å². The van der Waals surface area contributed by atoms with Crippen LogP contribution in [0, 0.1) is 0 Å². The number of alkyl halides is 3.